The van der Waals surface area contributed by atoms with Crippen LogP contribution in [0.2, 0.25) is 0 Å². The van der Waals surface area contributed by atoms with Crippen molar-refractivity contribution in [3.63, 3.8) is 0 Å². The van der Waals surface area contributed by atoms with Crippen LogP contribution < -0.4 is 5.32 Å². The minimum Gasteiger partial charge on any atom is -0.468 e. The normalized spacial score (nSPS) is 14.2. The average Bonchev–Trinajstić information content (AvgIpc) is 2.80. The fourth-order valence-electron chi connectivity index (χ4n) is 1.89. The summed E-state index contributed by atoms with van der Waals surface area (Å²) in [4.78, 5) is 14.3. The van der Waals surface area contributed by atoms with Crippen molar-refractivity contribution >= 4 is 17.3 Å². The van der Waals surface area contributed by atoms with Crippen LogP contribution in [0.3, 0.4) is 0 Å². The number of hydrogen-bond donors (Lipinski definition) is 1. The molecule has 4 heteroatoms. The molecular weight excluding hydrogens is 246 g/mol. The fraction of sp³-hybridized carbons (Fsp3) is 0.643. The number of ether oxygens (including phenoxy) is 1. The zero-order chi connectivity index (χ0) is 13.5. The van der Waals surface area contributed by atoms with Crippen molar-refractivity contribution in [1.82, 2.24) is 5.32 Å². The van der Waals surface area contributed by atoms with Gasteiger partial charge in [-0.15, -0.1) is 11.3 Å². The first-order valence-electron chi connectivity index (χ1n) is 6.48. The maximum Gasteiger partial charge on any atom is 0.322 e. The van der Waals surface area contributed by atoms with Crippen molar-refractivity contribution in [2.24, 2.45) is 0 Å². The molecule has 1 aromatic heterocycles. The molecule has 1 aromatic rings. The van der Waals surface area contributed by atoms with Gasteiger partial charge in [-0.2, -0.15) is 0 Å². The zero-order valence-electron chi connectivity index (χ0n) is 11.7. The largest absolute Gasteiger partial charge is 0.468 e. The van der Waals surface area contributed by atoms with Crippen LogP contribution in [-0.4, -0.2) is 19.1 Å². The van der Waals surface area contributed by atoms with Crippen molar-refractivity contribution in [2.45, 2.75) is 52.1 Å². The van der Waals surface area contributed by atoms with E-state index in [1.165, 1.54) is 16.9 Å². The average molecular weight is 269 g/mol. The molecule has 0 spiro atoms. The van der Waals surface area contributed by atoms with Crippen molar-refractivity contribution in [3.05, 3.63) is 21.9 Å². The third-order valence-corrected chi connectivity index (χ3v) is 4.15. The first-order valence-corrected chi connectivity index (χ1v) is 7.30. The van der Waals surface area contributed by atoms with Crippen molar-refractivity contribution in [3.8, 4) is 0 Å². The summed E-state index contributed by atoms with van der Waals surface area (Å²) >= 11 is 1.77. The summed E-state index contributed by atoms with van der Waals surface area (Å²) < 4.78 is 4.85. The molecule has 0 aliphatic rings. The highest BCUT2D eigenvalue weighted by Gasteiger charge is 2.21. The molecular formula is C14H23NO2S. The lowest BCUT2D eigenvalue weighted by molar-refractivity contribution is -0.143. The number of aryl methyl sites for hydroxylation is 1. The number of rotatable bonds is 7. The highest BCUT2D eigenvalue weighted by Crippen LogP contribution is 2.23. The highest BCUT2D eigenvalue weighted by atomic mass is 32.1. The molecule has 0 aromatic carbocycles. The monoisotopic (exact) mass is 269 g/mol. The highest BCUT2D eigenvalue weighted by molar-refractivity contribution is 7.12. The van der Waals surface area contributed by atoms with Gasteiger partial charge in [0.05, 0.1) is 7.11 Å². The van der Waals surface area contributed by atoms with Gasteiger partial charge >= 0.3 is 5.97 Å². The number of carbonyl (C=O) groups excluding carboxylic acids is 1. The lowest BCUT2D eigenvalue weighted by Crippen LogP contribution is -2.38. The molecule has 0 aliphatic heterocycles. The third-order valence-electron chi connectivity index (χ3n) is 2.97. The van der Waals surface area contributed by atoms with E-state index in [-0.39, 0.29) is 18.1 Å². The molecule has 0 radical (unpaired) electrons. The van der Waals surface area contributed by atoms with Gasteiger partial charge in [0.15, 0.2) is 0 Å². The van der Waals surface area contributed by atoms with Crippen LogP contribution in [0.15, 0.2) is 12.1 Å². The molecule has 18 heavy (non-hydrogen) atoms. The van der Waals surface area contributed by atoms with Crippen LogP contribution in [0.5, 0.6) is 0 Å². The predicted octanol–water partition coefficient (Wildman–Crippen LogP) is 3.44. The molecule has 0 bridgehead atoms. The Hall–Kier alpha value is -0.870. The van der Waals surface area contributed by atoms with Crippen LogP contribution in [0.25, 0.3) is 0 Å². The third kappa shape index (κ3) is 4.42. The van der Waals surface area contributed by atoms with Gasteiger partial charge in [-0.05, 0) is 32.4 Å². The van der Waals surface area contributed by atoms with Crippen molar-refractivity contribution in [1.29, 1.82) is 0 Å². The summed E-state index contributed by atoms with van der Waals surface area (Å²) in [5, 5.41) is 3.37. The van der Waals surface area contributed by atoms with Crippen LogP contribution in [0, 0.1) is 6.92 Å². The molecule has 0 saturated heterocycles. The van der Waals surface area contributed by atoms with E-state index in [4.69, 9.17) is 4.74 Å². The molecule has 0 amide bonds. The maximum atomic E-state index is 11.7. The van der Waals surface area contributed by atoms with E-state index in [0.29, 0.717) is 0 Å². The second-order valence-corrected chi connectivity index (χ2v) is 5.87. The Bertz CT molecular complexity index is 376. The van der Waals surface area contributed by atoms with E-state index in [0.717, 1.165) is 19.3 Å². The Morgan fingerprint density at radius 3 is 2.72 bits per heavy atom. The Labute approximate surface area is 114 Å². The van der Waals surface area contributed by atoms with E-state index in [1.807, 2.05) is 0 Å². The van der Waals surface area contributed by atoms with Gasteiger partial charge in [-0.1, -0.05) is 19.8 Å². The van der Waals surface area contributed by atoms with Crippen LogP contribution in [0.1, 0.15) is 48.9 Å². The number of unbranched alkanes of at least 4 members (excludes halogenated alkanes) is 1. The summed E-state index contributed by atoms with van der Waals surface area (Å²) in [6.45, 7) is 6.31. The van der Waals surface area contributed by atoms with Gasteiger partial charge in [0.25, 0.3) is 0 Å². The number of hydrogen-bond acceptors (Lipinski definition) is 4. The fourth-order valence-corrected chi connectivity index (χ4v) is 2.78. The lowest BCUT2D eigenvalue weighted by atomic mass is 10.1. The Balaban J connectivity index is 2.61. The van der Waals surface area contributed by atoms with Gasteiger partial charge in [0.2, 0.25) is 0 Å². The van der Waals surface area contributed by atoms with Crippen molar-refractivity contribution in [2.75, 3.05) is 7.11 Å². The lowest BCUT2D eigenvalue weighted by Gasteiger charge is -2.20. The van der Waals surface area contributed by atoms with E-state index >= 15 is 0 Å². The number of thiophene rings is 1. The van der Waals surface area contributed by atoms with Gasteiger partial charge < -0.3 is 4.74 Å². The van der Waals surface area contributed by atoms with E-state index in [9.17, 15) is 4.79 Å². The molecule has 1 N–H and O–H groups in total. The molecule has 0 saturated carbocycles. The van der Waals surface area contributed by atoms with E-state index in [2.05, 4.69) is 38.2 Å². The summed E-state index contributed by atoms with van der Waals surface area (Å²) in [5.74, 6) is -0.163. The molecule has 0 fully saturated rings. The summed E-state index contributed by atoms with van der Waals surface area (Å²) in [6, 6.07) is 4.21. The summed E-state index contributed by atoms with van der Waals surface area (Å²) in [5.41, 5.74) is 0. The van der Waals surface area contributed by atoms with Gasteiger partial charge in [-0.25, -0.2) is 0 Å². The Morgan fingerprint density at radius 1 is 1.50 bits per heavy atom. The second kappa shape index (κ2) is 7.54. The smallest absolute Gasteiger partial charge is 0.322 e. The quantitative estimate of drug-likeness (QED) is 0.771. The zero-order valence-corrected chi connectivity index (χ0v) is 12.5. The molecule has 2 unspecified atom stereocenters. The van der Waals surface area contributed by atoms with Crippen LogP contribution in [-0.2, 0) is 9.53 Å². The number of carbonyl (C=O) groups is 1. The maximum absolute atomic E-state index is 11.7. The molecule has 1 rings (SSSR count). The minimum atomic E-state index is -0.202. The van der Waals surface area contributed by atoms with Gasteiger partial charge in [-0.3, -0.25) is 10.1 Å². The van der Waals surface area contributed by atoms with Gasteiger partial charge in [0.1, 0.15) is 6.04 Å². The van der Waals surface area contributed by atoms with Crippen LogP contribution >= 0.6 is 11.3 Å². The number of nitrogens with one attached hydrogen (secondary N) is 1. The minimum absolute atomic E-state index is 0.163. The molecule has 2 atom stereocenters. The van der Waals surface area contributed by atoms with Crippen LogP contribution in [0.4, 0.5) is 0 Å². The predicted molar refractivity (Wildman–Crippen MR) is 75.9 cm³/mol. The molecule has 102 valence electrons. The summed E-state index contributed by atoms with van der Waals surface area (Å²) in [7, 11) is 1.45. The van der Waals surface area contributed by atoms with E-state index in [1.54, 1.807) is 11.3 Å². The Kier molecular flexibility index (Phi) is 6.36. The van der Waals surface area contributed by atoms with E-state index < -0.39 is 0 Å². The first kappa shape index (κ1) is 15.2. The molecule has 1 heterocycles. The standard InChI is InChI=1S/C14H23NO2S/c1-5-6-7-12(14(16)17-4)15-11(3)13-9-8-10(2)18-13/h8-9,11-12,15H,5-7H2,1-4H3. The number of methoxy groups -OCH3 is 1. The second-order valence-electron chi connectivity index (χ2n) is 4.55. The van der Waals surface area contributed by atoms with Crippen molar-refractivity contribution < 1.29 is 9.53 Å². The molecule has 0 aliphatic carbocycles. The SMILES string of the molecule is CCCCC(NC(C)c1ccc(C)s1)C(=O)OC. The van der Waals surface area contributed by atoms with Gasteiger partial charge in [0, 0.05) is 15.8 Å². The molecule has 3 nitrogen and oxygen atoms in total. The number of esters is 1. The first-order chi connectivity index (χ1) is 8.58. The summed E-state index contributed by atoms with van der Waals surface area (Å²) in [6.07, 6.45) is 2.95. The topological polar surface area (TPSA) is 38.3 Å². The Morgan fingerprint density at radius 2 is 2.22 bits per heavy atom.